The van der Waals surface area contributed by atoms with Gasteiger partial charge in [0, 0.05) is 36.9 Å². The SMILES string of the molecule is COCCNCCNc1ccc(C(F)(F)F)cc1Br. The van der Waals surface area contributed by atoms with Crippen LogP contribution >= 0.6 is 15.9 Å². The van der Waals surface area contributed by atoms with Crippen LogP contribution in [0.1, 0.15) is 5.56 Å². The molecule has 0 aromatic heterocycles. The molecule has 0 aliphatic rings. The number of benzene rings is 1. The van der Waals surface area contributed by atoms with Gasteiger partial charge in [-0.1, -0.05) is 0 Å². The number of ether oxygens (including phenoxy) is 1. The lowest BCUT2D eigenvalue weighted by Crippen LogP contribution is -2.25. The zero-order chi connectivity index (χ0) is 14.3. The number of rotatable bonds is 7. The Kier molecular flexibility index (Phi) is 6.60. The van der Waals surface area contributed by atoms with Crippen molar-refractivity contribution in [3.63, 3.8) is 0 Å². The maximum Gasteiger partial charge on any atom is 0.416 e. The third-order valence-electron chi connectivity index (χ3n) is 2.40. The van der Waals surface area contributed by atoms with Crippen molar-refractivity contribution in [3.05, 3.63) is 28.2 Å². The molecule has 19 heavy (non-hydrogen) atoms. The van der Waals surface area contributed by atoms with Gasteiger partial charge in [0.1, 0.15) is 0 Å². The van der Waals surface area contributed by atoms with Crippen LogP contribution in [0.5, 0.6) is 0 Å². The van der Waals surface area contributed by atoms with E-state index in [4.69, 9.17) is 4.74 Å². The molecule has 3 nitrogen and oxygen atoms in total. The van der Waals surface area contributed by atoms with Gasteiger partial charge < -0.3 is 15.4 Å². The van der Waals surface area contributed by atoms with Gasteiger partial charge in [0.2, 0.25) is 0 Å². The van der Waals surface area contributed by atoms with E-state index in [9.17, 15) is 13.2 Å². The van der Waals surface area contributed by atoms with E-state index in [1.165, 1.54) is 6.07 Å². The number of alkyl halides is 3. The van der Waals surface area contributed by atoms with Crippen LogP contribution in [0.4, 0.5) is 18.9 Å². The summed E-state index contributed by atoms with van der Waals surface area (Å²) in [6, 6.07) is 3.55. The van der Waals surface area contributed by atoms with E-state index in [-0.39, 0.29) is 0 Å². The van der Waals surface area contributed by atoms with Crippen LogP contribution in [-0.2, 0) is 10.9 Å². The zero-order valence-corrected chi connectivity index (χ0v) is 12.1. The molecule has 0 spiro atoms. The van der Waals surface area contributed by atoms with E-state index in [1.54, 1.807) is 7.11 Å². The minimum atomic E-state index is -4.32. The van der Waals surface area contributed by atoms with Crippen molar-refractivity contribution >= 4 is 21.6 Å². The van der Waals surface area contributed by atoms with E-state index in [1.807, 2.05) is 0 Å². The van der Waals surface area contributed by atoms with Crippen LogP contribution in [0.25, 0.3) is 0 Å². The average Bonchev–Trinajstić information content (AvgIpc) is 2.34. The predicted molar refractivity (Wildman–Crippen MR) is 72.4 cm³/mol. The third-order valence-corrected chi connectivity index (χ3v) is 3.05. The molecule has 108 valence electrons. The van der Waals surface area contributed by atoms with Crippen molar-refractivity contribution < 1.29 is 17.9 Å². The Morgan fingerprint density at radius 2 is 1.95 bits per heavy atom. The molecule has 0 atom stereocenters. The maximum atomic E-state index is 12.5. The number of anilines is 1. The highest BCUT2D eigenvalue weighted by atomic mass is 79.9. The topological polar surface area (TPSA) is 33.3 Å². The lowest BCUT2D eigenvalue weighted by molar-refractivity contribution is -0.137. The van der Waals surface area contributed by atoms with E-state index < -0.39 is 11.7 Å². The molecule has 0 aliphatic heterocycles. The smallest absolute Gasteiger partial charge is 0.383 e. The van der Waals surface area contributed by atoms with E-state index in [0.29, 0.717) is 29.9 Å². The summed E-state index contributed by atoms with van der Waals surface area (Å²) in [5.74, 6) is 0. The minimum Gasteiger partial charge on any atom is -0.383 e. The summed E-state index contributed by atoms with van der Waals surface area (Å²) in [4.78, 5) is 0. The molecule has 0 unspecified atom stereocenters. The fraction of sp³-hybridized carbons (Fsp3) is 0.500. The highest BCUT2D eigenvalue weighted by Gasteiger charge is 2.30. The molecular weight excluding hydrogens is 325 g/mol. The van der Waals surface area contributed by atoms with Gasteiger partial charge in [-0.25, -0.2) is 0 Å². The first-order valence-electron chi connectivity index (χ1n) is 5.75. The van der Waals surface area contributed by atoms with Crippen LogP contribution in [0.3, 0.4) is 0 Å². The molecule has 1 rings (SSSR count). The van der Waals surface area contributed by atoms with Crippen molar-refractivity contribution in [2.24, 2.45) is 0 Å². The number of halogens is 4. The van der Waals surface area contributed by atoms with Crippen LogP contribution < -0.4 is 10.6 Å². The van der Waals surface area contributed by atoms with Crippen molar-refractivity contribution in [2.75, 3.05) is 38.7 Å². The Balaban J connectivity index is 2.43. The van der Waals surface area contributed by atoms with Gasteiger partial charge in [-0.3, -0.25) is 0 Å². The molecule has 1 aromatic carbocycles. The summed E-state index contributed by atoms with van der Waals surface area (Å²) in [7, 11) is 1.62. The zero-order valence-electron chi connectivity index (χ0n) is 10.5. The molecule has 0 amide bonds. The monoisotopic (exact) mass is 340 g/mol. The quantitative estimate of drug-likeness (QED) is 0.748. The summed E-state index contributed by atoms with van der Waals surface area (Å²) < 4.78 is 42.7. The molecule has 7 heteroatoms. The number of nitrogens with one attached hydrogen (secondary N) is 2. The second kappa shape index (κ2) is 7.72. The Hall–Kier alpha value is -0.790. The van der Waals surface area contributed by atoms with Gasteiger partial charge in [-0.2, -0.15) is 13.2 Å². The van der Waals surface area contributed by atoms with Gasteiger partial charge in [0.25, 0.3) is 0 Å². The largest absolute Gasteiger partial charge is 0.416 e. The fourth-order valence-electron chi connectivity index (χ4n) is 1.42. The summed E-state index contributed by atoms with van der Waals surface area (Å²) in [5.41, 5.74) is -0.0234. The number of hydrogen-bond donors (Lipinski definition) is 2. The van der Waals surface area contributed by atoms with Crippen LogP contribution in [0.15, 0.2) is 22.7 Å². The normalized spacial score (nSPS) is 11.6. The Morgan fingerprint density at radius 1 is 1.21 bits per heavy atom. The van der Waals surface area contributed by atoms with Crippen LogP contribution in [0, 0.1) is 0 Å². The van der Waals surface area contributed by atoms with Gasteiger partial charge in [-0.05, 0) is 34.1 Å². The lowest BCUT2D eigenvalue weighted by Gasteiger charge is -2.12. The fourth-order valence-corrected chi connectivity index (χ4v) is 1.94. The van der Waals surface area contributed by atoms with Crippen molar-refractivity contribution in [2.45, 2.75) is 6.18 Å². The molecule has 1 aromatic rings. The van der Waals surface area contributed by atoms with Crippen molar-refractivity contribution in [1.29, 1.82) is 0 Å². The molecule has 0 aliphatic carbocycles. The first-order chi connectivity index (χ1) is 8.95. The van der Waals surface area contributed by atoms with Gasteiger partial charge in [-0.15, -0.1) is 0 Å². The molecule has 0 saturated heterocycles. The number of hydrogen-bond acceptors (Lipinski definition) is 3. The van der Waals surface area contributed by atoms with Crippen LogP contribution in [0.2, 0.25) is 0 Å². The molecule has 0 fully saturated rings. The second-order valence-electron chi connectivity index (χ2n) is 3.86. The molecule has 0 radical (unpaired) electrons. The Labute approximate surface area is 118 Å². The third kappa shape index (κ3) is 5.80. The van der Waals surface area contributed by atoms with E-state index in [2.05, 4.69) is 26.6 Å². The van der Waals surface area contributed by atoms with Gasteiger partial charge >= 0.3 is 6.18 Å². The van der Waals surface area contributed by atoms with Crippen LogP contribution in [-0.4, -0.2) is 33.4 Å². The van der Waals surface area contributed by atoms with E-state index in [0.717, 1.165) is 18.7 Å². The summed E-state index contributed by atoms with van der Waals surface area (Å²) in [5, 5.41) is 6.18. The lowest BCUT2D eigenvalue weighted by atomic mass is 10.2. The molecule has 0 heterocycles. The standard InChI is InChI=1S/C12H16BrF3N2O/c1-19-7-6-17-4-5-18-11-3-2-9(8-10(11)13)12(14,15)16/h2-3,8,17-18H,4-7H2,1H3. The summed E-state index contributed by atoms with van der Waals surface area (Å²) in [6.45, 7) is 2.70. The van der Waals surface area contributed by atoms with E-state index >= 15 is 0 Å². The number of methoxy groups -OCH3 is 1. The first-order valence-corrected chi connectivity index (χ1v) is 6.54. The molecule has 0 saturated carbocycles. The molecule has 0 bridgehead atoms. The Bertz CT molecular complexity index is 399. The highest BCUT2D eigenvalue weighted by Crippen LogP contribution is 2.33. The van der Waals surface area contributed by atoms with Gasteiger partial charge in [0.15, 0.2) is 0 Å². The first kappa shape index (κ1) is 16.3. The summed E-state index contributed by atoms with van der Waals surface area (Å²) >= 11 is 3.13. The average molecular weight is 341 g/mol. The Morgan fingerprint density at radius 3 is 2.53 bits per heavy atom. The summed E-state index contributed by atoms with van der Waals surface area (Å²) in [6.07, 6.45) is -4.32. The minimum absolute atomic E-state index is 0.402. The van der Waals surface area contributed by atoms with Gasteiger partial charge in [0.05, 0.1) is 12.2 Å². The second-order valence-corrected chi connectivity index (χ2v) is 4.72. The van der Waals surface area contributed by atoms with Crippen molar-refractivity contribution in [1.82, 2.24) is 5.32 Å². The molecular formula is C12H16BrF3N2O. The molecule has 2 N–H and O–H groups in total. The van der Waals surface area contributed by atoms with Crippen molar-refractivity contribution in [3.8, 4) is 0 Å². The maximum absolute atomic E-state index is 12.5. The highest BCUT2D eigenvalue weighted by molar-refractivity contribution is 9.10. The predicted octanol–water partition coefficient (Wildman–Crippen LogP) is 3.12.